The monoisotopic (exact) mass is 289 g/mol. The van der Waals surface area contributed by atoms with E-state index in [-0.39, 0.29) is 0 Å². The molecule has 0 fully saturated rings. The van der Waals surface area contributed by atoms with Gasteiger partial charge < -0.3 is 10.1 Å². The van der Waals surface area contributed by atoms with Crippen LogP contribution in [0.15, 0.2) is 42.5 Å². The highest BCUT2D eigenvalue weighted by Crippen LogP contribution is 2.30. The number of hydrogen-bond donors (Lipinski definition) is 1. The zero-order chi connectivity index (χ0) is 14.4. The summed E-state index contributed by atoms with van der Waals surface area (Å²) < 4.78 is 5.86. The Kier molecular flexibility index (Phi) is 5.45. The third kappa shape index (κ3) is 3.99. The summed E-state index contributed by atoms with van der Waals surface area (Å²) in [5, 5.41) is 3.92. The molecule has 0 spiro atoms. The first-order valence-electron chi connectivity index (χ1n) is 6.99. The lowest BCUT2D eigenvalue weighted by atomic mass is 10.1. The van der Waals surface area contributed by atoms with E-state index in [1.165, 1.54) is 5.56 Å². The Bertz CT molecular complexity index is 569. The molecule has 2 rings (SSSR count). The number of halogens is 1. The summed E-state index contributed by atoms with van der Waals surface area (Å²) in [4.78, 5) is 0. The van der Waals surface area contributed by atoms with Crippen LogP contribution in [0.1, 0.15) is 25.0 Å². The fourth-order valence-corrected chi connectivity index (χ4v) is 2.20. The first-order chi connectivity index (χ1) is 9.72. The maximum absolute atomic E-state index is 6.28. The van der Waals surface area contributed by atoms with Gasteiger partial charge in [-0.05, 0) is 48.4 Å². The van der Waals surface area contributed by atoms with Crippen LogP contribution in [0.4, 0.5) is 0 Å². The average Bonchev–Trinajstić information content (AvgIpc) is 2.48. The van der Waals surface area contributed by atoms with E-state index in [4.69, 9.17) is 16.3 Å². The second kappa shape index (κ2) is 7.32. The van der Waals surface area contributed by atoms with Gasteiger partial charge in [0.1, 0.15) is 11.5 Å². The van der Waals surface area contributed by atoms with Gasteiger partial charge in [-0.3, -0.25) is 0 Å². The number of hydrogen-bond acceptors (Lipinski definition) is 2. The molecule has 106 valence electrons. The lowest BCUT2D eigenvalue weighted by Crippen LogP contribution is -2.11. The van der Waals surface area contributed by atoms with E-state index in [1.54, 1.807) is 0 Å². The van der Waals surface area contributed by atoms with Gasteiger partial charge in [-0.25, -0.2) is 0 Å². The molecule has 0 aromatic heterocycles. The van der Waals surface area contributed by atoms with E-state index in [2.05, 4.69) is 25.2 Å². The van der Waals surface area contributed by atoms with Crippen LogP contribution in [0, 0.1) is 0 Å². The molecule has 0 aliphatic rings. The van der Waals surface area contributed by atoms with Crippen molar-refractivity contribution in [1.29, 1.82) is 0 Å². The number of ether oxygens (including phenoxy) is 1. The maximum Gasteiger partial charge on any atom is 0.146 e. The van der Waals surface area contributed by atoms with Crippen LogP contribution in [0.25, 0.3) is 0 Å². The Morgan fingerprint density at radius 3 is 2.60 bits per heavy atom. The number of nitrogens with one attached hydrogen (secondary N) is 1. The molecule has 20 heavy (non-hydrogen) atoms. The molecule has 0 aliphatic heterocycles. The van der Waals surface area contributed by atoms with Crippen LogP contribution in [0.5, 0.6) is 11.5 Å². The van der Waals surface area contributed by atoms with Crippen molar-refractivity contribution in [1.82, 2.24) is 5.32 Å². The lowest BCUT2D eigenvalue weighted by Gasteiger charge is -2.10. The molecule has 0 heterocycles. The Balaban J connectivity index is 2.12. The Hall–Kier alpha value is -1.51. The van der Waals surface area contributed by atoms with Crippen LogP contribution in [0.3, 0.4) is 0 Å². The largest absolute Gasteiger partial charge is 0.456 e. The van der Waals surface area contributed by atoms with E-state index in [1.807, 2.05) is 36.4 Å². The number of benzene rings is 2. The highest BCUT2D eigenvalue weighted by Gasteiger charge is 2.05. The zero-order valence-electron chi connectivity index (χ0n) is 11.9. The second-order valence-corrected chi connectivity index (χ2v) is 5.06. The van der Waals surface area contributed by atoms with Gasteiger partial charge in [0, 0.05) is 6.54 Å². The number of rotatable bonds is 6. The predicted octanol–water partition coefficient (Wildman–Crippen LogP) is 4.80. The molecule has 2 aromatic rings. The Morgan fingerprint density at radius 2 is 1.90 bits per heavy atom. The normalized spacial score (nSPS) is 10.6. The standard InChI is InChI=1S/C17H20ClNO/c1-3-13-6-5-7-15(10-13)20-17-9-8-14(11-16(17)18)12-19-4-2/h5-11,19H,3-4,12H2,1-2H3. The molecule has 2 aromatic carbocycles. The van der Waals surface area contributed by atoms with E-state index in [0.29, 0.717) is 10.8 Å². The summed E-state index contributed by atoms with van der Waals surface area (Å²) in [5.74, 6) is 1.52. The van der Waals surface area contributed by atoms with Crippen molar-refractivity contribution in [2.24, 2.45) is 0 Å². The molecular formula is C17H20ClNO. The van der Waals surface area contributed by atoms with Crippen molar-refractivity contribution < 1.29 is 4.74 Å². The predicted molar refractivity (Wildman–Crippen MR) is 84.7 cm³/mol. The van der Waals surface area contributed by atoms with Crippen LogP contribution < -0.4 is 10.1 Å². The fraction of sp³-hybridized carbons (Fsp3) is 0.294. The lowest BCUT2D eigenvalue weighted by molar-refractivity contribution is 0.482. The van der Waals surface area contributed by atoms with Crippen molar-refractivity contribution in [3.8, 4) is 11.5 Å². The molecular weight excluding hydrogens is 270 g/mol. The second-order valence-electron chi connectivity index (χ2n) is 4.65. The highest BCUT2D eigenvalue weighted by molar-refractivity contribution is 6.32. The summed E-state index contributed by atoms with van der Waals surface area (Å²) in [5.41, 5.74) is 2.41. The maximum atomic E-state index is 6.28. The van der Waals surface area contributed by atoms with Gasteiger partial charge in [0.25, 0.3) is 0 Å². The minimum Gasteiger partial charge on any atom is -0.456 e. The van der Waals surface area contributed by atoms with Gasteiger partial charge in [-0.2, -0.15) is 0 Å². The smallest absolute Gasteiger partial charge is 0.146 e. The molecule has 0 amide bonds. The van der Waals surface area contributed by atoms with E-state index in [9.17, 15) is 0 Å². The molecule has 0 saturated carbocycles. The summed E-state index contributed by atoms with van der Waals surface area (Å²) in [6.45, 7) is 5.98. The summed E-state index contributed by atoms with van der Waals surface area (Å²) >= 11 is 6.28. The van der Waals surface area contributed by atoms with E-state index < -0.39 is 0 Å². The van der Waals surface area contributed by atoms with Crippen molar-refractivity contribution in [2.75, 3.05) is 6.54 Å². The zero-order valence-corrected chi connectivity index (χ0v) is 12.7. The molecule has 0 bridgehead atoms. The quantitative estimate of drug-likeness (QED) is 0.824. The van der Waals surface area contributed by atoms with Crippen LogP contribution >= 0.6 is 11.6 Å². The molecule has 0 saturated heterocycles. The molecule has 0 radical (unpaired) electrons. The third-order valence-electron chi connectivity index (χ3n) is 3.11. The summed E-state index contributed by atoms with van der Waals surface area (Å²) in [7, 11) is 0. The molecule has 0 unspecified atom stereocenters. The molecule has 3 heteroatoms. The minimum absolute atomic E-state index is 0.641. The van der Waals surface area contributed by atoms with Gasteiger partial charge in [-0.1, -0.05) is 43.6 Å². The Morgan fingerprint density at radius 1 is 1.05 bits per heavy atom. The van der Waals surface area contributed by atoms with Crippen molar-refractivity contribution >= 4 is 11.6 Å². The average molecular weight is 290 g/mol. The molecule has 0 aliphatic carbocycles. The Labute approximate surface area is 125 Å². The van der Waals surface area contributed by atoms with Gasteiger partial charge in [0.2, 0.25) is 0 Å². The molecule has 0 atom stereocenters. The topological polar surface area (TPSA) is 21.3 Å². The van der Waals surface area contributed by atoms with Crippen molar-refractivity contribution in [3.05, 3.63) is 58.6 Å². The van der Waals surface area contributed by atoms with Crippen LogP contribution in [-0.4, -0.2) is 6.54 Å². The summed E-state index contributed by atoms with van der Waals surface area (Å²) in [6.07, 6.45) is 0.993. The first kappa shape index (κ1) is 14.9. The summed E-state index contributed by atoms with van der Waals surface area (Å²) in [6, 6.07) is 14.0. The van der Waals surface area contributed by atoms with E-state index in [0.717, 1.165) is 30.8 Å². The SMILES string of the molecule is CCNCc1ccc(Oc2cccc(CC)c2)c(Cl)c1. The minimum atomic E-state index is 0.641. The van der Waals surface area contributed by atoms with Gasteiger partial charge in [0.05, 0.1) is 5.02 Å². The van der Waals surface area contributed by atoms with Gasteiger partial charge in [0.15, 0.2) is 0 Å². The molecule has 1 N–H and O–H groups in total. The first-order valence-corrected chi connectivity index (χ1v) is 7.36. The van der Waals surface area contributed by atoms with Crippen LogP contribution in [-0.2, 0) is 13.0 Å². The highest BCUT2D eigenvalue weighted by atomic mass is 35.5. The van der Waals surface area contributed by atoms with Crippen molar-refractivity contribution in [2.45, 2.75) is 26.8 Å². The van der Waals surface area contributed by atoms with Gasteiger partial charge >= 0.3 is 0 Å². The third-order valence-corrected chi connectivity index (χ3v) is 3.41. The van der Waals surface area contributed by atoms with Gasteiger partial charge in [-0.15, -0.1) is 0 Å². The van der Waals surface area contributed by atoms with Crippen LogP contribution in [0.2, 0.25) is 5.02 Å². The fourth-order valence-electron chi connectivity index (χ4n) is 1.96. The molecule has 2 nitrogen and oxygen atoms in total. The van der Waals surface area contributed by atoms with Crippen molar-refractivity contribution in [3.63, 3.8) is 0 Å². The number of aryl methyl sites for hydroxylation is 1. The van der Waals surface area contributed by atoms with E-state index >= 15 is 0 Å².